The van der Waals surface area contributed by atoms with Gasteiger partial charge in [-0.15, -0.1) is 0 Å². The molecule has 0 radical (unpaired) electrons. The first-order valence-corrected chi connectivity index (χ1v) is 7.94. The molecule has 0 aliphatic carbocycles. The molecule has 0 unspecified atom stereocenters. The fourth-order valence-corrected chi connectivity index (χ4v) is 2.52. The number of nitrogens with zero attached hydrogens (tertiary/aromatic N) is 2. The molecule has 134 valence electrons. The van der Waals surface area contributed by atoms with Crippen LogP contribution in [0, 0.1) is 38.2 Å². The maximum atomic E-state index is 13.8. The van der Waals surface area contributed by atoms with Crippen LogP contribution >= 0.6 is 0 Å². The van der Waals surface area contributed by atoms with Gasteiger partial charge in [0.15, 0.2) is 17.5 Å². The molecular weight excluding hydrogens is 341 g/mol. The van der Waals surface area contributed by atoms with Gasteiger partial charge in [-0.05, 0) is 44.5 Å². The fourth-order valence-electron chi connectivity index (χ4n) is 2.52. The highest BCUT2D eigenvalue weighted by Crippen LogP contribution is 2.25. The molecule has 0 amide bonds. The van der Waals surface area contributed by atoms with Crippen molar-refractivity contribution in [3.8, 4) is 0 Å². The third-order valence-corrected chi connectivity index (χ3v) is 3.78. The Labute approximate surface area is 149 Å². The molecule has 1 aromatic heterocycles. The number of rotatable bonds is 4. The summed E-state index contributed by atoms with van der Waals surface area (Å²) in [7, 11) is 0. The highest BCUT2D eigenvalue weighted by Gasteiger charge is 2.14. The molecule has 7 heteroatoms. The molecule has 3 rings (SSSR count). The fraction of sp³-hybridized carbons (Fsp3) is 0.158. The molecule has 0 bridgehead atoms. The summed E-state index contributed by atoms with van der Waals surface area (Å²) in [6, 6.07) is 9.60. The molecule has 0 spiro atoms. The molecule has 26 heavy (non-hydrogen) atoms. The van der Waals surface area contributed by atoms with E-state index < -0.39 is 17.5 Å². The average Bonchev–Trinajstić information content (AvgIpc) is 2.57. The standard InChI is InChI=1S/C19H17F3N4/c1-10-4-6-14(11(2)8-10)24-16-9-12(3)23-19(26-16)25-15-7-5-13(20)17(21)18(15)22/h4-9H,1-3H3,(H2,23,24,25,26). The van der Waals surface area contributed by atoms with Gasteiger partial charge in [0.2, 0.25) is 5.95 Å². The van der Waals surface area contributed by atoms with E-state index in [4.69, 9.17) is 0 Å². The Hall–Kier alpha value is -3.09. The molecule has 4 nitrogen and oxygen atoms in total. The predicted molar refractivity (Wildman–Crippen MR) is 95.6 cm³/mol. The number of anilines is 4. The Morgan fingerprint density at radius 3 is 2.23 bits per heavy atom. The maximum Gasteiger partial charge on any atom is 0.229 e. The zero-order chi connectivity index (χ0) is 18.8. The quantitative estimate of drug-likeness (QED) is 0.621. The van der Waals surface area contributed by atoms with Crippen LogP contribution in [-0.4, -0.2) is 9.97 Å². The van der Waals surface area contributed by atoms with E-state index in [1.54, 1.807) is 13.0 Å². The molecular formula is C19H17F3N4. The lowest BCUT2D eigenvalue weighted by Gasteiger charge is -2.12. The van der Waals surface area contributed by atoms with Gasteiger partial charge in [-0.25, -0.2) is 18.2 Å². The van der Waals surface area contributed by atoms with Gasteiger partial charge in [0.1, 0.15) is 5.82 Å². The van der Waals surface area contributed by atoms with E-state index in [1.807, 2.05) is 32.0 Å². The van der Waals surface area contributed by atoms with Gasteiger partial charge in [-0.3, -0.25) is 0 Å². The first-order chi connectivity index (χ1) is 12.3. The molecule has 3 aromatic rings. The van der Waals surface area contributed by atoms with Crippen molar-refractivity contribution in [2.24, 2.45) is 0 Å². The van der Waals surface area contributed by atoms with E-state index in [1.165, 1.54) is 0 Å². The summed E-state index contributed by atoms with van der Waals surface area (Å²) in [6.07, 6.45) is 0. The Morgan fingerprint density at radius 2 is 1.50 bits per heavy atom. The monoisotopic (exact) mass is 358 g/mol. The van der Waals surface area contributed by atoms with Crippen molar-refractivity contribution in [3.05, 3.63) is 70.7 Å². The number of hydrogen-bond donors (Lipinski definition) is 2. The summed E-state index contributed by atoms with van der Waals surface area (Å²) in [5.74, 6) is -3.55. The van der Waals surface area contributed by atoms with Crippen molar-refractivity contribution in [2.75, 3.05) is 10.6 Å². The minimum Gasteiger partial charge on any atom is -0.340 e. The highest BCUT2D eigenvalue weighted by atomic mass is 19.2. The molecule has 0 fully saturated rings. The first-order valence-electron chi connectivity index (χ1n) is 7.94. The van der Waals surface area contributed by atoms with Crippen LogP contribution in [0.15, 0.2) is 36.4 Å². The Balaban J connectivity index is 1.89. The topological polar surface area (TPSA) is 49.8 Å². The summed E-state index contributed by atoms with van der Waals surface area (Å²) < 4.78 is 40.3. The van der Waals surface area contributed by atoms with Crippen molar-refractivity contribution in [1.29, 1.82) is 0 Å². The van der Waals surface area contributed by atoms with Crippen molar-refractivity contribution in [3.63, 3.8) is 0 Å². The molecule has 0 saturated carbocycles. The Morgan fingerprint density at radius 1 is 0.769 bits per heavy atom. The van der Waals surface area contributed by atoms with Crippen molar-refractivity contribution in [1.82, 2.24) is 9.97 Å². The summed E-state index contributed by atoms with van der Waals surface area (Å²) in [5, 5.41) is 5.77. The van der Waals surface area contributed by atoms with Crippen molar-refractivity contribution < 1.29 is 13.2 Å². The number of hydrogen-bond acceptors (Lipinski definition) is 4. The second-order valence-electron chi connectivity index (χ2n) is 6.01. The zero-order valence-electron chi connectivity index (χ0n) is 14.5. The van der Waals surface area contributed by atoms with E-state index in [2.05, 4.69) is 20.6 Å². The van der Waals surface area contributed by atoms with E-state index in [0.29, 0.717) is 11.5 Å². The van der Waals surface area contributed by atoms with E-state index in [0.717, 1.165) is 28.9 Å². The number of halogens is 3. The number of aryl methyl sites for hydroxylation is 3. The van der Waals surface area contributed by atoms with Gasteiger partial charge >= 0.3 is 0 Å². The minimum atomic E-state index is -1.55. The van der Waals surface area contributed by atoms with Crippen LogP contribution in [0.1, 0.15) is 16.8 Å². The first kappa shape index (κ1) is 17.7. The van der Waals surface area contributed by atoms with Crippen LogP contribution in [-0.2, 0) is 0 Å². The molecule has 2 aromatic carbocycles. The van der Waals surface area contributed by atoms with Crippen LogP contribution in [0.4, 0.5) is 36.3 Å². The summed E-state index contributed by atoms with van der Waals surface area (Å²) in [5.41, 5.74) is 3.44. The zero-order valence-corrected chi connectivity index (χ0v) is 14.5. The van der Waals surface area contributed by atoms with Crippen molar-refractivity contribution >= 4 is 23.1 Å². The van der Waals surface area contributed by atoms with Crippen LogP contribution in [0.3, 0.4) is 0 Å². The smallest absolute Gasteiger partial charge is 0.229 e. The maximum absolute atomic E-state index is 13.8. The van der Waals surface area contributed by atoms with Gasteiger partial charge in [0, 0.05) is 17.4 Å². The molecule has 0 saturated heterocycles. The van der Waals surface area contributed by atoms with Gasteiger partial charge in [0.25, 0.3) is 0 Å². The SMILES string of the molecule is Cc1ccc(Nc2cc(C)nc(Nc3ccc(F)c(F)c3F)n2)c(C)c1. The largest absolute Gasteiger partial charge is 0.340 e. The van der Waals surface area contributed by atoms with Gasteiger partial charge in [-0.1, -0.05) is 17.7 Å². The third-order valence-electron chi connectivity index (χ3n) is 3.78. The highest BCUT2D eigenvalue weighted by molar-refractivity contribution is 5.63. The number of benzene rings is 2. The van der Waals surface area contributed by atoms with Crippen LogP contribution in [0.2, 0.25) is 0 Å². The van der Waals surface area contributed by atoms with Crippen molar-refractivity contribution in [2.45, 2.75) is 20.8 Å². The normalized spacial score (nSPS) is 10.7. The van der Waals surface area contributed by atoms with E-state index in [-0.39, 0.29) is 11.6 Å². The lowest BCUT2D eigenvalue weighted by Crippen LogP contribution is -2.05. The van der Waals surface area contributed by atoms with E-state index >= 15 is 0 Å². The molecule has 2 N–H and O–H groups in total. The molecule has 0 aliphatic rings. The predicted octanol–water partition coefficient (Wildman–Crippen LogP) is 5.31. The van der Waals surface area contributed by atoms with Crippen LogP contribution in [0.25, 0.3) is 0 Å². The minimum absolute atomic E-state index is 0.0715. The summed E-state index contributed by atoms with van der Waals surface area (Å²) in [4.78, 5) is 8.42. The third kappa shape index (κ3) is 3.77. The number of aromatic nitrogens is 2. The van der Waals surface area contributed by atoms with E-state index in [9.17, 15) is 13.2 Å². The lowest BCUT2D eigenvalue weighted by atomic mass is 10.1. The van der Waals surface area contributed by atoms with Gasteiger partial charge in [-0.2, -0.15) is 4.98 Å². The Bertz CT molecular complexity index is 973. The molecule has 0 atom stereocenters. The lowest BCUT2D eigenvalue weighted by molar-refractivity contribution is 0.449. The number of nitrogens with one attached hydrogen (secondary N) is 2. The van der Waals surface area contributed by atoms with Gasteiger partial charge in [0.05, 0.1) is 5.69 Å². The van der Waals surface area contributed by atoms with Crippen LogP contribution < -0.4 is 10.6 Å². The average molecular weight is 358 g/mol. The second kappa shape index (κ2) is 7.03. The molecule has 1 heterocycles. The van der Waals surface area contributed by atoms with Crippen LogP contribution in [0.5, 0.6) is 0 Å². The molecule has 0 aliphatic heterocycles. The summed E-state index contributed by atoms with van der Waals surface area (Å²) >= 11 is 0. The Kier molecular flexibility index (Phi) is 4.79. The van der Waals surface area contributed by atoms with Gasteiger partial charge < -0.3 is 10.6 Å². The second-order valence-corrected chi connectivity index (χ2v) is 6.01. The summed E-state index contributed by atoms with van der Waals surface area (Å²) in [6.45, 7) is 5.73.